The van der Waals surface area contributed by atoms with Crippen LogP contribution in [0.15, 0.2) is 17.4 Å². The molecule has 56 valence electrons. The molecule has 0 aromatic heterocycles. The van der Waals surface area contributed by atoms with Crippen molar-refractivity contribution >= 4 is 26.1 Å². The second-order valence-electron chi connectivity index (χ2n) is 1.44. The van der Waals surface area contributed by atoms with Crippen molar-refractivity contribution in [3.8, 4) is 0 Å². The van der Waals surface area contributed by atoms with E-state index in [4.69, 9.17) is 10.7 Å². The van der Waals surface area contributed by atoms with E-state index in [1.54, 1.807) is 6.08 Å². The van der Waals surface area contributed by atoms with E-state index in [0.29, 0.717) is 4.52 Å². The van der Waals surface area contributed by atoms with Gasteiger partial charge in [-0.2, -0.15) is 8.42 Å². The summed E-state index contributed by atoms with van der Waals surface area (Å²) in [4.78, 5) is 0. The van der Waals surface area contributed by atoms with Crippen molar-refractivity contribution < 1.29 is 8.42 Å². The number of rotatable bonds is 1. The molecule has 0 aromatic carbocycles. The van der Waals surface area contributed by atoms with Crippen molar-refractivity contribution in [2.75, 3.05) is 0 Å². The SMILES string of the molecule is O=S(=O)(Cl)N1N=CC=CN1. The molecular formula is C3H4ClN3O2S. The number of nitrogens with zero attached hydrogens (tertiary/aromatic N) is 2. The van der Waals surface area contributed by atoms with Crippen LogP contribution in [0.4, 0.5) is 0 Å². The zero-order valence-corrected chi connectivity index (χ0v) is 6.30. The van der Waals surface area contributed by atoms with Gasteiger partial charge in [0.2, 0.25) is 0 Å². The van der Waals surface area contributed by atoms with Gasteiger partial charge in [-0.1, -0.05) is 4.52 Å². The zero-order valence-electron chi connectivity index (χ0n) is 4.73. The topological polar surface area (TPSA) is 61.8 Å². The fourth-order valence-electron chi connectivity index (χ4n) is 0.401. The quantitative estimate of drug-likeness (QED) is 0.570. The van der Waals surface area contributed by atoms with Crippen LogP contribution >= 0.6 is 10.7 Å². The first-order valence-electron chi connectivity index (χ1n) is 2.31. The van der Waals surface area contributed by atoms with Gasteiger partial charge >= 0.3 is 9.24 Å². The second kappa shape index (κ2) is 2.47. The average Bonchev–Trinajstić information content (AvgIpc) is 1.88. The Bertz CT molecular complexity index is 269. The molecule has 0 saturated carbocycles. The number of hydrazone groups is 1. The molecule has 10 heavy (non-hydrogen) atoms. The van der Waals surface area contributed by atoms with Gasteiger partial charge in [-0.3, -0.25) is 5.43 Å². The largest absolute Gasteiger partial charge is 0.354 e. The molecule has 0 bridgehead atoms. The minimum atomic E-state index is -3.78. The summed E-state index contributed by atoms with van der Waals surface area (Å²) in [6, 6.07) is 0. The van der Waals surface area contributed by atoms with Crippen LogP contribution in [-0.4, -0.2) is 19.2 Å². The minimum absolute atomic E-state index is 0.550. The molecule has 0 spiro atoms. The van der Waals surface area contributed by atoms with E-state index in [2.05, 4.69) is 10.5 Å². The third-order valence-electron chi connectivity index (χ3n) is 0.745. The van der Waals surface area contributed by atoms with Crippen molar-refractivity contribution in [3.63, 3.8) is 0 Å². The number of allylic oxidation sites excluding steroid dienone is 1. The van der Waals surface area contributed by atoms with Crippen molar-refractivity contribution in [1.82, 2.24) is 9.95 Å². The lowest BCUT2D eigenvalue weighted by atomic mass is 10.7. The van der Waals surface area contributed by atoms with Gasteiger partial charge < -0.3 is 0 Å². The summed E-state index contributed by atoms with van der Waals surface area (Å²) in [5.74, 6) is 0. The summed E-state index contributed by atoms with van der Waals surface area (Å²) in [5, 5.41) is 3.39. The zero-order chi connectivity index (χ0) is 7.61. The summed E-state index contributed by atoms with van der Waals surface area (Å²) < 4.78 is 21.5. The molecule has 0 unspecified atom stereocenters. The molecular weight excluding hydrogens is 178 g/mol. The van der Waals surface area contributed by atoms with Gasteiger partial charge in [-0.15, -0.1) is 5.10 Å². The molecule has 0 fully saturated rings. The number of hydrogen-bond donors (Lipinski definition) is 1. The molecule has 5 nitrogen and oxygen atoms in total. The molecule has 0 amide bonds. The Morgan fingerprint density at radius 3 is 2.60 bits per heavy atom. The molecule has 1 heterocycles. The standard InChI is InChI=1S/C3H4ClN3O2S/c4-10(8,9)7-5-2-1-3-6-7/h1-3,5H. The van der Waals surface area contributed by atoms with Crippen LogP contribution in [0.2, 0.25) is 0 Å². The van der Waals surface area contributed by atoms with Crippen LogP contribution in [0.5, 0.6) is 0 Å². The Morgan fingerprint density at radius 2 is 2.30 bits per heavy atom. The van der Waals surface area contributed by atoms with Crippen molar-refractivity contribution in [2.24, 2.45) is 5.10 Å². The summed E-state index contributed by atoms with van der Waals surface area (Å²) in [7, 11) is 1.12. The molecule has 0 saturated heterocycles. The summed E-state index contributed by atoms with van der Waals surface area (Å²) in [6.07, 6.45) is 4.24. The summed E-state index contributed by atoms with van der Waals surface area (Å²) in [5.41, 5.74) is 2.29. The van der Waals surface area contributed by atoms with E-state index < -0.39 is 9.24 Å². The van der Waals surface area contributed by atoms with Crippen molar-refractivity contribution in [1.29, 1.82) is 0 Å². The van der Waals surface area contributed by atoms with Crippen LogP contribution in [0, 0.1) is 0 Å². The van der Waals surface area contributed by atoms with E-state index in [0.717, 1.165) is 0 Å². The smallest absolute Gasteiger partial charge is 0.274 e. The van der Waals surface area contributed by atoms with Crippen molar-refractivity contribution in [3.05, 3.63) is 12.3 Å². The molecule has 1 rings (SSSR count). The first kappa shape index (κ1) is 7.36. The lowest BCUT2D eigenvalue weighted by Gasteiger charge is -2.14. The Balaban J connectivity index is 2.79. The predicted octanol–water partition coefficient (Wildman–Crippen LogP) is -0.210. The number of hydrogen-bond acceptors (Lipinski definition) is 4. The fraction of sp³-hybridized carbons (Fsp3) is 0. The summed E-state index contributed by atoms with van der Waals surface area (Å²) in [6.45, 7) is 0. The Kier molecular flexibility index (Phi) is 1.82. The molecule has 1 aliphatic rings. The lowest BCUT2D eigenvalue weighted by Crippen LogP contribution is -2.33. The van der Waals surface area contributed by atoms with Gasteiger partial charge in [-0.05, 0) is 6.08 Å². The monoisotopic (exact) mass is 181 g/mol. The van der Waals surface area contributed by atoms with E-state index in [-0.39, 0.29) is 0 Å². The molecule has 1 N–H and O–H groups in total. The number of halogens is 1. The molecule has 0 aromatic rings. The number of hydrazine groups is 1. The summed E-state index contributed by atoms with van der Waals surface area (Å²) >= 11 is 0. The maximum Gasteiger partial charge on any atom is 0.354 e. The van der Waals surface area contributed by atoms with Crippen LogP contribution in [0.25, 0.3) is 0 Å². The van der Waals surface area contributed by atoms with Crippen LogP contribution in [0.1, 0.15) is 0 Å². The third kappa shape index (κ3) is 1.61. The molecule has 0 atom stereocenters. The van der Waals surface area contributed by atoms with Gasteiger partial charge in [0.15, 0.2) is 0 Å². The van der Waals surface area contributed by atoms with Gasteiger partial charge in [0.1, 0.15) is 0 Å². The average molecular weight is 182 g/mol. The number of nitrogens with one attached hydrogen (secondary N) is 1. The highest BCUT2D eigenvalue weighted by atomic mass is 35.7. The second-order valence-corrected chi connectivity index (χ2v) is 3.78. The maximum absolute atomic E-state index is 10.5. The fourth-order valence-corrected chi connectivity index (χ4v) is 0.982. The third-order valence-corrected chi connectivity index (χ3v) is 1.75. The Hall–Kier alpha value is -0.750. The molecule has 1 aliphatic heterocycles. The normalized spacial score (nSPS) is 17.1. The van der Waals surface area contributed by atoms with E-state index in [9.17, 15) is 8.42 Å². The van der Waals surface area contributed by atoms with E-state index in [1.807, 2.05) is 0 Å². The van der Waals surface area contributed by atoms with Gasteiger partial charge in [0, 0.05) is 16.9 Å². The van der Waals surface area contributed by atoms with E-state index >= 15 is 0 Å². The molecule has 7 heteroatoms. The van der Waals surface area contributed by atoms with Crippen LogP contribution < -0.4 is 5.43 Å². The Morgan fingerprint density at radius 1 is 1.60 bits per heavy atom. The lowest BCUT2D eigenvalue weighted by molar-refractivity contribution is 0.386. The highest BCUT2D eigenvalue weighted by Gasteiger charge is 2.15. The predicted molar refractivity (Wildman–Crippen MR) is 37.4 cm³/mol. The van der Waals surface area contributed by atoms with Crippen LogP contribution in [-0.2, 0) is 9.24 Å². The van der Waals surface area contributed by atoms with Crippen LogP contribution in [0.3, 0.4) is 0 Å². The molecule has 0 radical (unpaired) electrons. The van der Waals surface area contributed by atoms with Gasteiger partial charge in [-0.25, -0.2) is 0 Å². The molecule has 0 aliphatic carbocycles. The highest BCUT2D eigenvalue weighted by Crippen LogP contribution is 2.03. The van der Waals surface area contributed by atoms with Gasteiger partial charge in [0.25, 0.3) is 0 Å². The highest BCUT2D eigenvalue weighted by molar-refractivity contribution is 8.11. The first-order valence-corrected chi connectivity index (χ1v) is 4.57. The van der Waals surface area contributed by atoms with E-state index in [1.165, 1.54) is 12.4 Å². The minimum Gasteiger partial charge on any atom is -0.274 e. The van der Waals surface area contributed by atoms with Crippen molar-refractivity contribution in [2.45, 2.75) is 0 Å². The maximum atomic E-state index is 10.5. The first-order chi connectivity index (χ1) is 4.61. The van der Waals surface area contributed by atoms with Gasteiger partial charge in [0.05, 0.1) is 6.21 Å². The Labute approximate surface area is 62.5 Å².